The van der Waals surface area contributed by atoms with Crippen molar-refractivity contribution in [2.45, 2.75) is 19.5 Å². The largest absolute Gasteiger partial charge is 0.444 e. The topological polar surface area (TPSA) is 25.2 Å². The van der Waals surface area contributed by atoms with Crippen LogP contribution in [-0.2, 0) is 6.54 Å². The molecule has 2 aromatic carbocycles. The Kier molecular flexibility index (Phi) is 4.34. The van der Waals surface area contributed by atoms with Gasteiger partial charge in [-0.1, -0.05) is 52.3 Å². The lowest BCUT2D eigenvalue weighted by atomic mass is 10.1. The molecule has 0 unspecified atom stereocenters. The van der Waals surface area contributed by atoms with E-state index in [1.807, 2.05) is 42.5 Å². The molecule has 108 valence electrons. The van der Waals surface area contributed by atoms with Crippen molar-refractivity contribution < 1.29 is 4.42 Å². The van der Waals surface area contributed by atoms with Crippen LogP contribution in [0.3, 0.4) is 0 Å². The van der Waals surface area contributed by atoms with E-state index >= 15 is 0 Å². The average Bonchev–Trinajstić information content (AvgIpc) is 2.81. The van der Waals surface area contributed by atoms with Gasteiger partial charge in [-0.2, -0.15) is 0 Å². The lowest BCUT2D eigenvalue weighted by Gasteiger charge is -2.15. The number of para-hydroxylation sites is 1. The lowest BCUT2D eigenvalue weighted by molar-refractivity contribution is 0.562. The van der Waals surface area contributed by atoms with E-state index in [4.69, 9.17) is 16.0 Å². The van der Waals surface area contributed by atoms with Gasteiger partial charge in [0.15, 0.2) is 5.22 Å². The van der Waals surface area contributed by atoms with Crippen molar-refractivity contribution in [3.8, 4) is 0 Å². The Labute approximate surface area is 137 Å². The number of fused-ring (bicyclic) bond motifs is 1. The molecule has 0 aliphatic carbocycles. The molecule has 0 bridgehead atoms. The molecule has 1 atom stereocenters. The number of hydrogen-bond acceptors (Lipinski definition) is 2. The number of furan rings is 1. The first kappa shape index (κ1) is 14.6. The minimum absolute atomic E-state index is 0.213. The summed E-state index contributed by atoms with van der Waals surface area (Å²) in [6, 6.07) is 16.3. The summed E-state index contributed by atoms with van der Waals surface area (Å²) >= 11 is 9.80. The number of benzene rings is 2. The Hall–Kier alpha value is -1.29. The summed E-state index contributed by atoms with van der Waals surface area (Å²) in [6.45, 7) is 2.80. The van der Waals surface area contributed by atoms with Crippen molar-refractivity contribution in [1.29, 1.82) is 0 Å². The molecule has 0 radical (unpaired) electrons. The second kappa shape index (κ2) is 6.22. The minimum Gasteiger partial charge on any atom is -0.444 e. The van der Waals surface area contributed by atoms with Gasteiger partial charge in [0.2, 0.25) is 0 Å². The monoisotopic (exact) mass is 363 g/mol. The Morgan fingerprint density at radius 2 is 1.86 bits per heavy atom. The van der Waals surface area contributed by atoms with Crippen LogP contribution in [0.1, 0.15) is 24.1 Å². The maximum absolute atomic E-state index is 6.21. The van der Waals surface area contributed by atoms with Gasteiger partial charge >= 0.3 is 0 Å². The van der Waals surface area contributed by atoms with Crippen LogP contribution in [0.5, 0.6) is 0 Å². The van der Waals surface area contributed by atoms with Crippen LogP contribution in [0.4, 0.5) is 0 Å². The third-order valence-electron chi connectivity index (χ3n) is 3.61. The number of rotatable bonds is 4. The van der Waals surface area contributed by atoms with Gasteiger partial charge in [-0.05, 0) is 36.2 Å². The normalized spacial score (nSPS) is 12.7. The van der Waals surface area contributed by atoms with Crippen LogP contribution in [0.15, 0.2) is 57.4 Å². The van der Waals surface area contributed by atoms with E-state index in [0.717, 1.165) is 21.0 Å². The molecule has 3 rings (SSSR count). The van der Waals surface area contributed by atoms with Crippen molar-refractivity contribution in [3.05, 3.63) is 69.3 Å². The van der Waals surface area contributed by atoms with Gasteiger partial charge in [0.1, 0.15) is 5.58 Å². The molecular formula is C17H15BrClNO. The van der Waals surface area contributed by atoms with E-state index in [1.165, 1.54) is 5.56 Å². The van der Waals surface area contributed by atoms with Gasteiger partial charge in [0.05, 0.1) is 0 Å². The molecule has 4 heteroatoms. The zero-order chi connectivity index (χ0) is 14.8. The third kappa shape index (κ3) is 3.00. The van der Waals surface area contributed by atoms with Crippen LogP contribution in [-0.4, -0.2) is 0 Å². The number of halogens is 2. The summed E-state index contributed by atoms with van der Waals surface area (Å²) in [5.41, 5.74) is 3.06. The fraction of sp³-hybridized carbons (Fsp3) is 0.176. The highest BCUT2D eigenvalue weighted by atomic mass is 79.9. The summed E-state index contributed by atoms with van der Waals surface area (Å²) < 4.78 is 6.68. The molecule has 3 aromatic rings. The molecule has 0 saturated heterocycles. The first-order valence-corrected chi connectivity index (χ1v) is 7.97. The first-order chi connectivity index (χ1) is 10.2. The van der Waals surface area contributed by atoms with Crippen molar-refractivity contribution >= 4 is 38.5 Å². The second-order valence-electron chi connectivity index (χ2n) is 4.97. The zero-order valence-corrected chi connectivity index (χ0v) is 13.9. The van der Waals surface area contributed by atoms with Crippen LogP contribution >= 0.6 is 27.5 Å². The van der Waals surface area contributed by atoms with Crippen LogP contribution in [0.2, 0.25) is 5.22 Å². The first-order valence-electron chi connectivity index (χ1n) is 6.80. The fourth-order valence-electron chi connectivity index (χ4n) is 2.43. The number of hydrogen-bond donors (Lipinski definition) is 1. The van der Waals surface area contributed by atoms with Crippen LogP contribution in [0.25, 0.3) is 11.0 Å². The van der Waals surface area contributed by atoms with E-state index in [-0.39, 0.29) is 6.04 Å². The Balaban J connectivity index is 1.81. The van der Waals surface area contributed by atoms with Crippen LogP contribution in [0, 0.1) is 0 Å². The van der Waals surface area contributed by atoms with Gasteiger partial charge < -0.3 is 9.73 Å². The molecule has 0 aliphatic heterocycles. The average molecular weight is 365 g/mol. The van der Waals surface area contributed by atoms with E-state index < -0.39 is 0 Å². The fourth-order valence-corrected chi connectivity index (χ4v) is 3.30. The third-order valence-corrected chi connectivity index (χ3v) is 4.63. The summed E-state index contributed by atoms with van der Waals surface area (Å²) in [6.07, 6.45) is 0. The second-order valence-corrected chi connectivity index (χ2v) is 6.17. The quantitative estimate of drug-likeness (QED) is 0.642. The molecule has 0 aliphatic rings. The zero-order valence-electron chi connectivity index (χ0n) is 11.6. The molecule has 0 saturated carbocycles. The highest BCUT2D eigenvalue weighted by Gasteiger charge is 2.14. The molecule has 0 spiro atoms. The molecule has 0 fully saturated rings. The highest BCUT2D eigenvalue weighted by molar-refractivity contribution is 9.10. The standard InChI is InChI=1S/C17H15BrClNO/c1-11(12-6-2-4-8-15(12)18)20-10-14-13-7-3-5-9-16(13)21-17(14)19/h2-9,11,20H,10H2,1H3/t11-/m1/s1. The summed E-state index contributed by atoms with van der Waals surface area (Å²) in [4.78, 5) is 0. The van der Waals surface area contributed by atoms with Crippen molar-refractivity contribution in [3.63, 3.8) is 0 Å². The molecule has 21 heavy (non-hydrogen) atoms. The maximum Gasteiger partial charge on any atom is 0.199 e. The lowest BCUT2D eigenvalue weighted by Crippen LogP contribution is -2.18. The van der Waals surface area contributed by atoms with Gasteiger partial charge in [-0.3, -0.25) is 0 Å². The predicted octanol–water partition coefficient (Wildman–Crippen LogP) is 5.70. The smallest absolute Gasteiger partial charge is 0.199 e. The van der Waals surface area contributed by atoms with Crippen molar-refractivity contribution in [1.82, 2.24) is 5.32 Å². The predicted molar refractivity (Wildman–Crippen MR) is 90.6 cm³/mol. The van der Waals surface area contributed by atoms with E-state index in [2.05, 4.69) is 34.2 Å². The van der Waals surface area contributed by atoms with Crippen LogP contribution < -0.4 is 5.32 Å². The van der Waals surface area contributed by atoms with Crippen molar-refractivity contribution in [2.75, 3.05) is 0 Å². The molecule has 0 amide bonds. The highest BCUT2D eigenvalue weighted by Crippen LogP contribution is 2.30. The molecule has 1 heterocycles. The van der Waals surface area contributed by atoms with Gasteiger partial charge in [-0.25, -0.2) is 0 Å². The van der Waals surface area contributed by atoms with Crippen molar-refractivity contribution in [2.24, 2.45) is 0 Å². The Morgan fingerprint density at radius 3 is 2.67 bits per heavy atom. The molecule has 1 aromatic heterocycles. The minimum atomic E-state index is 0.213. The molecule has 2 nitrogen and oxygen atoms in total. The summed E-state index contributed by atoms with van der Waals surface area (Å²) in [5, 5.41) is 5.03. The molecule has 1 N–H and O–H groups in total. The Morgan fingerprint density at radius 1 is 1.14 bits per heavy atom. The van der Waals surface area contributed by atoms with E-state index in [1.54, 1.807) is 0 Å². The Bertz CT molecular complexity index is 768. The van der Waals surface area contributed by atoms with Gasteiger partial charge in [0.25, 0.3) is 0 Å². The maximum atomic E-state index is 6.21. The van der Waals surface area contributed by atoms with E-state index in [9.17, 15) is 0 Å². The van der Waals surface area contributed by atoms with E-state index in [0.29, 0.717) is 11.8 Å². The number of nitrogens with one attached hydrogen (secondary N) is 1. The SMILES string of the molecule is C[C@@H](NCc1c(Cl)oc2ccccc12)c1ccccc1Br. The molecular weight excluding hydrogens is 350 g/mol. The van der Waals surface area contributed by atoms with Gasteiger partial charge in [-0.15, -0.1) is 0 Å². The summed E-state index contributed by atoms with van der Waals surface area (Å²) in [7, 11) is 0. The summed E-state index contributed by atoms with van der Waals surface area (Å²) in [5.74, 6) is 0. The van der Waals surface area contributed by atoms with Gasteiger partial charge in [0, 0.05) is 28.0 Å².